The van der Waals surface area contributed by atoms with E-state index in [9.17, 15) is 4.79 Å². The molecule has 0 radical (unpaired) electrons. The zero-order valence-electron chi connectivity index (χ0n) is 13.4. The third-order valence-electron chi connectivity index (χ3n) is 3.40. The van der Waals surface area contributed by atoms with Crippen LogP contribution in [0.15, 0.2) is 53.9 Å². The Hall–Kier alpha value is -2.86. The molecule has 0 bridgehead atoms. The molecule has 0 unspecified atom stereocenters. The summed E-state index contributed by atoms with van der Waals surface area (Å²) in [7, 11) is 1.58. The third kappa shape index (κ3) is 3.91. The summed E-state index contributed by atoms with van der Waals surface area (Å²) in [4.78, 5) is 16.5. The van der Waals surface area contributed by atoms with Gasteiger partial charge in [0.05, 0.1) is 12.8 Å². The Labute approximate surface area is 144 Å². The zero-order chi connectivity index (χ0) is 16.9. The van der Waals surface area contributed by atoms with Crippen LogP contribution in [0.5, 0.6) is 5.75 Å². The van der Waals surface area contributed by atoms with Crippen LogP contribution in [0.2, 0.25) is 0 Å². The summed E-state index contributed by atoms with van der Waals surface area (Å²) in [6.07, 6.45) is 0. The van der Waals surface area contributed by atoms with E-state index in [-0.39, 0.29) is 6.03 Å². The number of hydrogen-bond donors (Lipinski definition) is 2. The van der Waals surface area contributed by atoms with Gasteiger partial charge >= 0.3 is 6.03 Å². The molecule has 2 aromatic carbocycles. The lowest BCUT2D eigenvalue weighted by Gasteiger charge is -2.07. The average Bonchev–Trinajstić information content (AvgIpc) is 3.04. The second kappa shape index (κ2) is 7.14. The summed E-state index contributed by atoms with van der Waals surface area (Å²) in [6.45, 7) is 2.04. The van der Waals surface area contributed by atoms with E-state index in [1.807, 2.05) is 48.7 Å². The standard InChI is InChI=1S/C18H17N3O2S/c1-12-6-8-13(9-7-12)16-11-24-18(20-16)21-17(22)19-14-4-3-5-15(10-14)23-2/h3-11H,1-2H3,(H2,19,20,21,22). The first-order valence-corrected chi connectivity index (χ1v) is 8.26. The Morgan fingerprint density at radius 3 is 2.67 bits per heavy atom. The van der Waals surface area contributed by atoms with Gasteiger partial charge in [-0.2, -0.15) is 0 Å². The number of hydrogen-bond acceptors (Lipinski definition) is 4. The van der Waals surface area contributed by atoms with Crippen molar-refractivity contribution >= 4 is 28.2 Å². The van der Waals surface area contributed by atoms with Crippen molar-refractivity contribution in [3.8, 4) is 17.0 Å². The SMILES string of the molecule is COc1cccc(NC(=O)Nc2nc(-c3ccc(C)cc3)cs2)c1. The Morgan fingerprint density at radius 2 is 1.92 bits per heavy atom. The Bertz CT molecular complexity index is 843. The molecule has 2 amide bonds. The molecule has 0 saturated carbocycles. The van der Waals surface area contributed by atoms with Crippen LogP contribution in [0.4, 0.5) is 15.6 Å². The topological polar surface area (TPSA) is 63.2 Å². The number of rotatable bonds is 4. The van der Waals surface area contributed by atoms with E-state index in [0.29, 0.717) is 16.6 Å². The first kappa shape index (κ1) is 16.0. The molecule has 0 aliphatic heterocycles. The van der Waals surface area contributed by atoms with Gasteiger partial charge in [-0.1, -0.05) is 35.9 Å². The number of urea groups is 1. The molecule has 122 valence electrons. The number of nitrogens with zero attached hydrogens (tertiary/aromatic N) is 1. The first-order valence-electron chi connectivity index (χ1n) is 7.38. The van der Waals surface area contributed by atoms with Crippen molar-refractivity contribution < 1.29 is 9.53 Å². The fourth-order valence-electron chi connectivity index (χ4n) is 2.15. The van der Waals surface area contributed by atoms with Crippen molar-refractivity contribution in [2.45, 2.75) is 6.92 Å². The fraction of sp³-hybridized carbons (Fsp3) is 0.111. The van der Waals surface area contributed by atoms with Gasteiger partial charge < -0.3 is 10.1 Å². The summed E-state index contributed by atoms with van der Waals surface area (Å²) in [5.41, 5.74) is 3.72. The molecule has 0 saturated heterocycles. The lowest BCUT2D eigenvalue weighted by molar-refractivity contribution is 0.262. The molecule has 3 rings (SSSR count). The van der Waals surface area contributed by atoms with Crippen molar-refractivity contribution in [2.75, 3.05) is 17.7 Å². The van der Waals surface area contributed by atoms with Gasteiger partial charge in [-0.3, -0.25) is 5.32 Å². The van der Waals surface area contributed by atoms with Crippen molar-refractivity contribution in [1.29, 1.82) is 0 Å². The van der Waals surface area contributed by atoms with Crippen LogP contribution in [0.1, 0.15) is 5.56 Å². The lowest BCUT2D eigenvalue weighted by Crippen LogP contribution is -2.19. The average molecular weight is 339 g/mol. The molecule has 0 aliphatic carbocycles. The number of ether oxygens (including phenoxy) is 1. The monoisotopic (exact) mass is 339 g/mol. The maximum atomic E-state index is 12.1. The number of anilines is 2. The van der Waals surface area contributed by atoms with E-state index >= 15 is 0 Å². The number of carbonyl (C=O) groups is 1. The molecule has 0 spiro atoms. The second-order valence-corrected chi connectivity index (χ2v) is 6.07. The number of benzene rings is 2. The second-order valence-electron chi connectivity index (χ2n) is 5.22. The summed E-state index contributed by atoms with van der Waals surface area (Å²) in [5.74, 6) is 0.684. The molecule has 1 aromatic heterocycles. The maximum Gasteiger partial charge on any atom is 0.325 e. The molecule has 2 N–H and O–H groups in total. The third-order valence-corrected chi connectivity index (χ3v) is 4.16. The van der Waals surface area contributed by atoms with Gasteiger partial charge in [0.1, 0.15) is 5.75 Å². The number of nitrogens with one attached hydrogen (secondary N) is 2. The number of amides is 2. The Balaban J connectivity index is 1.65. The van der Waals surface area contributed by atoms with Gasteiger partial charge in [-0.15, -0.1) is 11.3 Å². The van der Waals surface area contributed by atoms with Crippen molar-refractivity contribution in [2.24, 2.45) is 0 Å². The maximum absolute atomic E-state index is 12.1. The summed E-state index contributed by atoms with van der Waals surface area (Å²) in [5, 5.41) is 7.97. The van der Waals surface area contributed by atoms with Gasteiger partial charge in [-0.25, -0.2) is 9.78 Å². The molecule has 24 heavy (non-hydrogen) atoms. The van der Waals surface area contributed by atoms with Crippen molar-refractivity contribution in [1.82, 2.24) is 4.98 Å². The van der Waals surface area contributed by atoms with Gasteiger partial charge in [0.25, 0.3) is 0 Å². The molecule has 5 nitrogen and oxygen atoms in total. The lowest BCUT2D eigenvalue weighted by atomic mass is 10.1. The van der Waals surface area contributed by atoms with Gasteiger partial charge in [0.2, 0.25) is 0 Å². The quantitative estimate of drug-likeness (QED) is 0.719. The van der Waals surface area contributed by atoms with Crippen LogP contribution in [0, 0.1) is 6.92 Å². The molecule has 0 aliphatic rings. The minimum Gasteiger partial charge on any atom is -0.497 e. The number of thiazole rings is 1. The van der Waals surface area contributed by atoms with Gasteiger partial charge in [-0.05, 0) is 19.1 Å². The van der Waals surface area contributed by atoms with Crippen LogP contribution in [0.25, 0.3) is 11.3 Å². The van der Waals surface area contributed by atoms with Crippen LogP contribution < -0.4 is 15.4 Å². The van der Waals surface area contributed by atoms with E-state index in [2.05, 4.69) is 15.6 Å². The summed E-state index contributed by atoms with van der Waals surface area (Å²) in [6, 6.07) is 14.9. The molecular formula is C18H17N3O2S. The highest BCUT2D eigenvalue weighted by Gasteiger charge is 2.08. The molecule has 0 atom stereocenters. The number of aryl methyl sites for hydroxylation is 1. The van der Waals surface area contributed by atoms with Crippen LogP contribution in [0.3, 0.4) is 0 Å². The van der Waals surface area contributed by atoms with Crippen LogP contribution in [-0.4, -0.2) is 18.1 Å². The Morgan fingerprint density at radius 1 is 1.12 bits per heavy atom. The summed E-state index contributed by atoms with van der Waals surface area (Å²) < 4.78 is 5.13. The van der Waals surface area contributed by atoms with E-state index in [1.54, 1.807) is 19.2 Å². The predicted octanol–water partition coefficient (Wildman–Crippen LogP) is 4.77. The van der Waals surface area contributed by atoms with Crippen LogP contribution >= 0.6 is 11.3 Å². The van der Waals surface area contributed by atoms with E-state index in [1.165, 1.54) is 16.9 Å². The molecule has 0 fully saturated rings. The number of carbonyl (C=O) groups excluding carboxylic acids is 1. The van der Waals surface area contributed by atoms with Crippen molar-refractivity contribution in [3.05, 3.63) is 59.5 Å². The molecule has 6 heteroatoms. The molecule has 1 heterocycles. The van der Waals surface area contributed by atoms with Crippen molar-refractivity contribution in [3.63, 3.8) is 0 Å². The predicted molar refractivity (Wildman–Crippen MR) is 97.9 cm³/mol. The minimum absolute atomic E-state index is 0.340. The highest BCUT2D eigenvalue weighted by Crippen LogP contribution is 2.25. The number of methoxy groups -OCH3 is 1. The smallest absolute Gasteiger partial charge is 0.325 e. The highest BCUT2D eigenvalue weighted by molar-refractivity contribution is 7.14. The normalized spacial score (nSPS) is 10.2. The summed E-state index contributed by atoms with van der Waals surface area (Å²) >= 11 is 1.39. The number of aromatic nitrogens is 1. The van der Waals surface area contributed by atoms with Gasteiger partial charge in [0, 0.05) is 22.7 Å². The Kier molecular flexibility index (Phi) is 4.77. The largest absolute Gasteiger partial charge is 0.497 e. The molecular weight excluding hydrogens is 322 g/mol. The van der Waals surface area contributed by atoms with E-state index < -0.39 is 0 Å². The minimum atomic E-state index is -0.340. The fourth-order valence-corrected chi connectivity index (χ4v) is 2.86. The van der Waals surface area contributed by atoms with E-state index in [0.717, 1.165) is 11.3 Å². The van der Waals surface area contributed by atoms with E-state index in [4.69, 9.17) is 4.74 Å². The van der Waals surface area contributed by atoms with Gasteiger partial charge in [0.15, 0.2) is 5.13 Å². The molecule has 3 aromatic rings. The zero-order valence-corrected chi connectivity index (χ0v) is 14.2. The highest BCUT2D eigenvalue weighted by atomic mass is 32.1. The van der Waals surface area contributed by atoms with Crippen LogP contribution in [-0.2, 0) is 0 Å². The first-order chi connectivity index (χ1) is 11.6.